The summed E-state index contributed by atoms with van der Waals surface area (Å²) in [4.78, 5) is 0. The summed E-state index contributed by atoms with van der Waals surface area (Å²) in [6.45, 7) is 0. The highest BCUT2D eigenvalue weighted by molar-refractivity contribution is 5.85. The topological polar surface area (TPSA) is 36.1 Å². The van der Waals surface area contributed by atoms with Crippen molar-refractivity contribution in [1.29, 1.82) is 0 Å². The van der Waals surface area contributed by atoms with Gasteiger partial charge in [0.1, 0.15) is 0 Å². The van der Waals surface area contributed by atoms with Gasteiger partial charge >= 0.3 is 0 Å². The Hall–Kier alpha value is -2.16. The van der Waals surface area contributed by atoms with Crippen LogP contribution in [0.3, 0.4) is 0 Å². The Morgan fingerprint density at radius 3 is 1.81 bits per heavy atom. The quantitative estimate of drug-likeness (QED) is 0.521. The van der Waals surface area contributed by atoms with Crippen molar-refractivity contribution in [2.45, 2.75) is 76.3 Å². The van der Waals surface area contributed by atoms with Crippen LogP contribution in [-0.2, 0) is 0 Å². The van der Waals surface area contributed by atoms with Crippen LogP contribution < -0.4 is 16.0 Å². The molecule has 3 N–H and O–H groups in total. The van der Waals surface area contributed by atoms with E-state index in [1.165, 1.54) is 81.3 Å². The van der Waals surface area contributed by atoms with Gasteiger partial charge in [0.05, 0.1) is 17.1 Å². The van der Waals surface area contributed by atoms with Crippen molar-refractivity contribution in [3.8, 4) is 0 Å². The molecule has 2 aliphatic carbocycles. The molecule has 3 nitrogen and oxygen atoms in total. The molecule has 0 amide bonds. The third-order valence-corrected chi connectivity index (χ3v) is 6.04. The van der Waals surface area contributed by atoms with Gasteiger partial charge in [-0.1, -0.05) is 62.8 Å². The van der Waals surface area contributed by atoms with E-state index in [1.54, 1.807) is 0 Å². The SMILES string of the molecule is c1ccc(Nc2cccc(NC3CCCCC3)c2NC2CCCCC2)cc1. The molecule has 2 fully saturated rings. The molecule has 2 aromatic rings. The van der Waals surface area contributed by atoms with Crippen LogP contribution in [0.5, 0.6) is 0 Å². The maximum atomic E-state index is 3.90. The lowest BCUT2D eigenvalue weighted by atomic mass is 9.94. The molecule has 0 unspecified atom stereocenters. The zero-order valence-corrected chi connectivity index (χ0v) is 16.3. The first kappa shape index (κ1) is 18.2. The molecule has 144 valence electrons. The number of anilines is 4. The minimum atomic E-state index is 0.587. The summed E-state index contributed by atoms with van der Waals surface area (Å²) >= 11 is 0. The second-order valence-corrected chi connectivity index (χ2v) is 8.18. The van der Waals surface area contributed by atoms with Gasteiger partial charge < -0.3 is 16.0 Å². The number of nitrogens with one attached hydrogen (secondary N) is 3. The number of para-hydroxylation sites is 2. The minimum Gasteiger partial charge on any atom is -0.381 e. The highest BCUT2D eigenvalue weighted by atomic mass is 15.0. The Morgan fingerprint density at radius 1 is 0.556 bits per heavy atom. The van der Waals surface area contributed by atoms with Gasteiger partial charge in [0, 0.05) is 17.8 Å². The van der Waals surface area contributed by atoms with Crippen molar-refractivity contribution in [3.05, 3.63) is 48.5 Å². The summed E-state index contributed by atoms with van der Waals surface area (Å²) in [6, 6.07) is 18.3. The van der Waals surface area contributed by atoms with Crippen molar-refractivity contribution in [2.24, 2.45) is 0 Å². The van der Waals surface area contributed by atoms with E-state index in [1.807, 2.05) is 0 Å². The Labute approximate surface area is 164 Å². The lowest BCUT2D eigenvalue weighted by Crippen LogP contribution is -2.26. The molecule has 2 saturated carbocycles. The normalized spacial score (nSPS) is 18.8. The average Bonchev–Trinajstić information content (AvgIpc) is 2.73. The fourth-order valence-electron chi connectivity index (χ4n) is 4.53. The van der Waals surface area contributed by atoms with E-state index in [0.29, 0.717) is 12.1 Å². The van der Waals surface area contributed by atoms with Gasteiger partial charge in [-0.2, -0.15) is 0 Å². The second kappa shape index (κ2) is 9.16. The predicted octanol–water partition coefficient (Wildman–Crippen LogP) is 6.92. The lowest BCUT2D eigenvalue weighted by molar-refractivity contribution is 0.460. The number of hydrogen-bond donors (Lipinski definition) is 3. The minimum absolute atomic E-state index is 0.587. The van der Waals surface area contributed by atoms with E-state index in [0.717, 1.165) is 5.69 Å². The summed E-state index contributed by atoms with van der Waals surface area (Å²) in [5.41, 5.74) is 4.82. The largest absolute Gasteiger partial charge is 0.381 e. The molecule has 2 aromatic carbocycles. The molecule has 0 saturated heterocycles. The second-order valence-electron chi connectivity index (χ2n) is 8.18. The number of rotatable bonds is 6. The number of hydrogen-bond acceptors (Lipinski definition) is 3. The smallest absolute Gasteiger partial charge is 0.0817 e. The van der Waals surface area contributed by atoms with Crippen LogP contribution in [-0.4, -0.2) is 12.1 Å². The van der Waals surface area contributed by atoms with Crippen molar-refractivity contribution in [3.63, 3.8) is 0 Å². The molecule has 0 spiro atoms. The van der Waals surface area contributed by atoms with Crippen molar-refractivity contribution in [2.75, 3.05) is 16.0 Å². The molecule has 4 rings (SSSR count). The molecule has 27 heavy (non-hydrogen) atoms. The Balaban J connectivity index is 1.58. The molecule has 3 heteroatoms. The first-order valence-corrected chi connectivity index (χ1v) is 10.9. The lowest BCUT2D eigenvalue weighted by Gasteiger charge is -2.30. The van der Waals surface area contributed by atoms with Crippen LogP contribution in [0.25, 0.3) is 0 Å². The van der Waals surface area contributed by atoms with Gasteiger partial charge in [-0.15, -0.1) is 0 Å². The number of benzene rings is 2. The van der Waals surface area contributed by atoms with Gasteiger partial charge in [-0.3, -0.25) is 0 Å². The van der Waals surface area contributed by atoms with Crippen LogP contribution in [0.2, 0.25) is 0 Å². The zero-order valence-electron chi connectivity index (χ0n) is 16.3. The van der Waals surface area contributed by atoms with Gasteiger partial charge in [0.2, 0.25) is 0 Å². The van der Waals surface area contributed by atoms with Crippen LogP contribution in [0.1, 0.15) is 64.2 Å². The van der Waals surface area contributed by atoms with Crippen LogP contribution in [0.15, 0.2) is 48.5 Å². The van der Waals surface area contributed by atoms with Gasteiger partial charge in [0.15, 0.2) is 0 Å². The van der Waals surface area contributed by atoms with E-state index in [-0.39, 0.29) is 0 Å². The van der Waals surface area contributed by atoms with E-state index in [2.05, 4.69) is 64.5 Å². The van der Waals surface area contributed by atoms with Crippen LogP contribution in [0, 0.1) is 0 Å². The molecular weight excluding hydrogens is 330 g/mol. The monoisotopic (exact) mass is 363 g/mol. The van der Waals surface area contributed by atoms with Crippen molar-refractivity contribution < 1.29 is 0 Å². The highest BCUT2D eigenvalue weighted by Gasteiger charge is 2.19. The molecule has 0 radical (unpaired) electrons. The summed E-state index contributed by atoms with van der Waals surface area (Å²) < 4.78 is 0. The first-order valence-electron chi connectivity index (χ1n) is 10.9. The molecule has 0 aromatic heterocycles. The van der Waals surface area contributed by atoms with E-state index in [4.69, 9.17) is 0 Å². The Morgan fingerprint density at radius 2 is 1.15 bits per heavy atom. The summed E-state index contributed by atoms with van der Waals surface area (Å²) in [5.74, 6) is 0. The molecule has 0 heterocycles. The third kappa shape index (κ3) is 4.97. The van der Waals surface area contributed by atoms with Gasteiger partial charge in [-0.25, -0.2) is 0 Å². The Kier molecular flexibility index (Phi) is 6.18. The van der Waals surface area contributed by atoms with E-state index >= 15 is 0 Å². The van der Waals surface area contributed by atoms with Crippen molar-refractivity contribution >= 4 is 22.7 Å². The van der Waals surface area contributed by atoms with Crippen LogP contribution >= 0.6 is 0 Å². The van der Waals surface area contributed by atoms with Gasteiger partial charge in [-0.05, 0) is 49.9 Å². The summed E-state index contributed by atoms with van der Waals surface area (Å²) in [6.07, 6.45) is 13.3. The average molecular weight is 364 g/mol. The third-order valence-electron chi connectivity index (χ3n) is 6.04. The predicted molar refractivity (Wildman–Crippen MR) is 117 cm³/mol. The molecule has 0 bridgehead atoms. The molecule has 2 aliphatic rings. The standard InChI is InChI=1S/C24H33N3/c1-4-11-19(12-5-1)25-22-17-10-18-23(26-20-13-6-2-7-14-20)24(22)27-21-15-8-3-9-16-21/h1,4-5,10-12,17-18,20-21,25-27H,2-3,6-9,13-16H2. The maximum absolute atomic E-state index is 3.90. The fourth-order valence-corrected chi connectivity index (χ4v) is 4.53. The highest BCUT2D eigenvalue weighted by Crippen LogP contribution is 2.36. The summed E-state index contributed by atoms with van der Waals surface area (Å²) in [7, 11) is 0. The first-order chi connectivity index (χ1) is 13.4. The molecule has 0 atom stereocenters. The van der Waals surface area contributed by atoms with E-state index in [9.17, 15) is 0 Å². The summed E-state index contributed by atoms with van der Waals surface area (Å²) in [5, 5.41) is 11.4. The zero-order chi connectivity index (χ0) is 18.3. The van der Waals surface area contributed by atoms with Gasteiger partial charge in [0.25, 0.3) is 0 Å². The molecular formula is C24H33N3. The Bertz CT molecular complexity index is 701. The van der Waals surface area contributed by atoms with Crippen LogP contribution in [0.4, 0.5) is 22.7 Å². The van der Waals surface area contributed by atoms with Crippen molar-refractivity contribution in [1.82, 2.24) is 0 Å². The maximum Gasteiger partial charge on any atom is 0.0817 e. The van der Waals surface area contributed by atoms with E-state index < -0.39 is 0 Å². The fraction of sp³-hybridized carbons (Fsp3) is 0.500. The molecule has 0 aliphatic heterocycles.